The van der Waals surface area contributed by atoms with Crippen molar-refractivity contribution in [3.8, 4) is 5.75 Å². The summed E-state index contributed by atoms with van der Waals surface area (Å²) in [5.41, 5.74) is -0.412. The Morgan fingerprint density at radius 3 is 2.28 bits per heavy atom. The second-order valence-corrected chi connectivity index (χ2v) is 9.90. The third-order valence-electron chi connectivity index (χ3n) is 8.10. The van der Waals surface area contributed by atoms with E-state index >= 15 is 0 Å². The number of ether oxygens (including phenoxy) is 1. The van der Waals surface area contributed by atoms with Crippen molar-refractivity contribution in [2.24, 2.45) is 0 Å². The molecule has 4 fully saturated rings. The normalized spacial score (nSPS) is 26.4. The quantitative estimate of drug-likeness (QED) is 0.656. The molecule has 7 heteroatoms. The number of piperazine rings is 1. The molecule has 0 radical (unpaired) electrons. The summed E-state index contributed by atoms with van der Waals surface area (Å²) in [5.74, 6) is 0.109. The van der Waals surface area contributed by atoms with Gasteiger partial charge in [-0.05, 0) is 49.9 Å². The molecule has 2 aliphatic carbocycles. The van der Waals surface area contributed by atoms with Crippen LogP contribution in [0.3, 0.4) is 0 Å². The molecule has 1 atom stereocenters. The van der Waals surface area contributed by atoms with Gasteiger partial charge in [0.1, 0.15) is 18.1 Å². The number of hydrogen-bond acceptors (Lipinski definition) is 4. The predicted octanol–water partition coefficient (Wildman–Crippen LogP) is 3.21. The van der Waals surface area contributed by atoms with Crippen molar-refractivity contribution >= 4 is 11.8 Å². The van der Waals surface area contributed by atoms with E-state index in [1.807, 2.05) is 4.90 Å². The minimum Gasteiger partial charge on any atom is -0.478 e. The molecular formula is C25H34FN3O3. The van der Waals surface area contributed by atoms with Crippen molar-refractivity contribution in [2.45, 2.75) is 75.5 Å². The number of rotatable bonds is 5. The standard InChI is InChI=1S/C25H34FN3O3/c26-19-8-10-21(11-9-19)32-23-24(31)29(25(23)12-4-1-5-13-25)18-22(30)28-16-14-27(15-17-28)20-6-2-3-7-20/h8-11,20,23H,1-7,12-18H2. The lowest BCUT2D eigenvalue weighted by Crippen LogP contribution is -2.77. The largest absolute Gasteiger partial charge is 0.478 e. The number of β-lactam (4-membered cyclic amide) rings is 1. The molecule has 1 aromatic rings. The minimum absolute atomic E-state index is 0.0506. The lowest BCUT2D eigenvalue weighted by Gasteiger charge is -2.58. The summed E-state index contributed by atoms with van der Waals surface area (Å²) in [5, 5.41) is 0. The van der Waals surface area contributed by atoms with Crippen molar-refractivity contribution in [1.82, 2.24) is 14.7 Å². The van der Waals surface area contributed by atoms with E-state index in [0.717, 1.165) is 58.3 Å². The Labute approximate surface area is 189 Å². The Balaban J connectivity index is 1.22. The molecule has 4 aliphatic rings. The molecule has 2 saturated heterocycles. The number of carbonyl (C=O) groups excluding carboxylic acids is 2. The van der Waals surface area contributed by atoms with Crippen molar-refractivity contribution in [3.05, 3.63) is 30.1 Å². The molecule has 0 N–H and O–H groups in total. The summed E-state index contributed by atoms with van der Waals surface area (Å²) in [6.45, 7) is 3.52. The number of nitrogens with zero attached hydrogens (tertiary/aromatic N) is 3. The predicted molar refractivity (Wildman–Crippen MR) is 119 cm³/mol. The number of benzene rings is 1. The summed E-state index contributed by atoms with van der Waals surface area (Å²) in [7, 11) is 0. The van der Waals surface area contributed by atoms with Crippen LogP contribution < -0.4 is 4.74 Å². The van der Waals surface area contributed by atoms with Gasteiger partial charge in [0, 0.05) is 32.2 Å². The molecule has 174 valence electrons. The van der Waals surface area contributed by atoms with Crippen LogP contribution in [-0.2, 0) is 9.59 Å². The molecule has 6 nitrogen and oxygen atoms in total. The van der Waals surface area contributed by atoms with E-state index in [1.165, 1.54) is 37.8 Å². The fraction of sp³-hybridized carbons (Fsp3) is 0.680. The monoisotopic (exact) mass is 443 g/mol. The number of likely N-dealkylation sites (tertiary alicyclic amines) is 1. The van der Waals surface area contributed by atoms with Gasteiger partial charge in [-0.15, -0.1) is 0 Å². The first-order valence-electron chi connectivity index (χ1n) is 12.3. The van der Waals surface area contributed by atoms with E-state index in [1.54, 1.807) is 17.0 Å². The zero-order valence-corrected chi connectivity index (χ0v) is 18.8. The van der Waals surface area contributed by atoms with Gasteiger partial charge in [0.2, 0.25) is 5.91 Å². The van der Waals surface area contributed by atoms with Crippen LogP contribution >= 0.6 is 0 Å². The fourth-order valence-corrected chi connectivity index (χ4v) is 6.25. The van der Waals surface area contributed by atoms with E-state index < -0.39 is 11.6 Å². The Bertz CT molecular complexity index is 825. The van der Waals surface area contributed by atoms with Crippen LogP contribution in [0.5, 0.6) is 5.75 Å². The van der Waals surface area contributed by atoms with Crippen LogP contribution in [-0.4, -0.2) is 76.9 Å². The highest BCUT2D eigenvalue weighted by molar-refractivity contribution is 5.94. The van der Waals surface area contributed by atoms with Crippen LogP contribution in [0.4, 0.5) is 4.39 Å². The molecule has 1 unspecified atom stereocenters. The van der Waals surface area contributed by atoms with Gasteiger partial charge in [-0.1, -0.05) is 32.1 Å². The van der Waals surface area contributed by atoms with Crippen molar-refractivity contribution < 1.29 is 18.7 Å². The third kappa shape index (κ3) is 4.00. The first kappa shape index (κ1) is 21.7. The van der Waals surface area contributed by atoms with Crippen LogP contribution in [0, 0.1) is 5.82 Å². The van der Waals surface area contributed by atoms with E-state index in [0.29, 0.717) is 11.8 Å². The maximum Gasteiger partial charge on any atom is 0.267 e. The molecular weight excluding hydrogens is 409 g/mol. The summed E-state index contributed by atoms with van der Waals surface area (Å²) in [4.78, 5) is 32.5. The summed E-state index contributed by atoms with van der Waals surface area (Å²) in [6.07, 6.45) is 9.55. The maximum atomic E-state index is 13.3. The van der Waals surface area contributed by atoms with Gasteiger partial charge in [-0.25, -0.2) is 4.39 Å². The van der Waals surface area contributed by atoms with Gasteiger partial charge in [0.25, 0.3) is 5.91 Å². The van der Waals surface area contributed by atoms with E-state index in [9.17, 15) is 14.0 Å². The second kappa shape index (κ2) is 9.00. The van der Waals surface area contributed by atoms with Crippen molar-refractivity contribution in [2.75, 3.05) is 32.7 Å². The van der Waals surface area contributed by atoms with Gasteiger partial charge in [-0.3, -0.25) is 14.5 Å². The lowest BCUT2D eigenvalue weighted by atomic mass is 9.70. The van der Waals surface area contributed by atoms with E-state index in [-0.39, 0.29) is 24.2 Å². The lowest BCUT2D eigenvalue weighted by molar-refractivity contribution is -0.189. The third-order valence-corrected chi connectivity index (χ3v) is 8.10. The van der Waals surface area contributed by atoms with E-state index in [4.69, 9.17) is 4.74 Å². The zero-order valence-electron chi connectivity index (χ0n) is 18.8. The first-order chi connectivity index (χ1) is 15.6. The number of carbonyl (C=O) groups is 2. The maximum absolute atomic E-state index is 13.3. The van der Waals surface area contributed by atoms with Crippen molar-refractivity contribution in [1.29, 1.82) is 0 Å². The van der Waals surface area contributed by atoms with Crippen molar-refractivity contribution in [3.63, 3.8) is 0 Å². The van der Waals surface area contributed by atoms with Crippen LogP contribution in [0.15, 0.2) is 24.3 Å². The fourth-order valence-electron chi connectivity index (χ4n) is 6.25. The molecule has 2 saturated carbocycles. The highest BCUT2D eigenvalue weighted by Crippen LogP contribution is 2.45. The molecule has 2 aliphatic heterocycles. The molecule has 5 rings (SSSR count). The van der Waals surface area contributed by atoms with Crippen LogP contribution in [0.1, 0.15) is 57.8 Å². The molecule has 2 amide bonds. The first-order valence-corrected chi connectivity index (χ1v) is 12.3. The molecule has 0 aromatic heterocycles. The van der Waals surface area contributed by atoms with Gasteiger partial charge >= 0.3 is 0 Å². The molecule has 32 heavy (non-hydrogen) atoms. The second-order valence-electron chi connectivity index (χ2n) is 9.90. The minimum atomic E-state index is -0.583. The highest BCUT2D eigenvalue weighted by Gasteiger charge is 2.62. The van der Waals surface area contributed by atoms with Crippen LogP contribution in [0.25, 0.3) is 0 Å². The van der Waals surface area contributed by atoms with E-state index in [2.05, 4.69) is 4.90 Å². The van der Waals surface area contributed by atoms with Gasteiger partial charge in [0.15, 0.2) is 6.10 Å². The molecule has 2 heterocycles. The zero-order chi connectivity index (χ0) is 22.1. The Hall–Kier alpha value is -2.15. The van der Waals surface area contributed by atoms with Crippen LogP contribution in [0.2, 0.25) is 0 Å². The molecule has 1 aromatic carbocycles. The van der Waals surface area contributed by atoms with Gasteiger partial charge in [-0.2, -0.15) is 0 Å². The Kier molecular flexibility index (Phi) is 6.10. The Morgan fingerprint density at radius 1 is 0.969 bits per heavy atom. The van der Waals surface area contributed by atoms with Gasteiger partial charge < -0.3 is 14.5 Å². The highest BCUT2D eigenvalue weighted by atomic mass is 19.1. The summed E-state index contributed by atoms with van der Waals surface area (Å²) >= 11 is 0. The van der Waals surface area contributed by atoms with Gasteiger partial charge in [0.05, 0.1) is 5.54 Å². The summed E-state index contributed by atoms with van der Waals surface area (Å²) in [6, 6.07) is 6.52. The Morgan fingerprint density at radius 2 is 1.62 bits per heavy atom. The smallest absolute Gasteiger partial charge is 0.267 e. The molecule has 0 bridgehead atoms. The SMILES string of the molecule is O=C(CN1C(=O)C(Oc2ccc(F)cc2)C12CCCCC2)N1CCN(C2CCCC2)CC1. The average Bonchev–Trinajstić information content (AvgIpc) is 3.37. The average molecular weight is 444 g/mol. The summed E-state index contributed by atoms with van der Waals surface area (Å²) < 4.78 is 19.3. The number of hydrogen-bond donors (Lipinski definition) is 0. The molecule has 1 spiro atoms. The number of amides is 2. The topological polar surface area (TPSA) is 53.1 Å². The number of halogens is 1.